The highest BCUT2D eigenvalue weighted by Crippen LogP contribution is 1.93. The monoisotopic (exact) mass is 236 g/mol. The smallest absolute Gasteiger partial charge is 0.331 e. The van der Waals surface area contributed by atoms with Gasteiger partial charge in [-0.05, 0) is 0 Å². The summed E-state index contributed by atoms with van der Waals surface area (Å²) >= 11 is 0. The molecule has 8 nitrogen and oxygen atoms in total. The molecule has 0 fully saturated rings. The average molecular weight is 236 g/mol. The molecule has 2 rings (SSSR count). The van der Waals surface area contributed by atoms with Gasteiger partial charge in [0.15, 0.2) is 0 Å². The molecule has 0 aliphatic rings. The van der Waals surface area contributed by atoms with Crippen LogP contribution < -0.4 is 17.0 Å². The van der Waals surface area contributed by atoms with E-state index in [1.165, 1.54) is 28.8 Å². The Bertz CT molecular complexity index is 631. The molecule has 0 radical (unpaired) electrons. The summed E-state index contributed by atoms with van der Waals surface area (Å²) in [6.07, 6.45) is 2.66. The van der Waals surface area contributed by atoms with Crippen LogP contribution in [0.15, 0.2) is 22.1 Å². The van der Waals surface area contributed by atoms with E-state index < -0.39 is 11.2 Å². The van der Waals surface area contributed by atoms with Gasteiger partial charge in [0, 0.05) is 20.3 Å². The van der Waals surface area contributed by atoms with Crippen LogP contribution in [0.1, 0.15) is 5.82 Å². The summed E-state index contributed by atoms with van der Waals surface area (Å²) in [5.41, 5.74) is 4.59. The molecule has 90 valence electrons. The average Bonchev–Trinajstić information content (AvgIpc) is 2.68. The number of hydrogen-bond donors (Lipinski definition) is 1. The Morgan fingerprint density at radius 3 is 2.65 bits per heavy atom. The molecule has 2 heterocycles. The van der Waals surface area contributed by atoms with Gasteiger partial charge in [0.05, 0.1) is 6.54 Å². The maximum Gasteiger partial charge on any atom is 0.331 e. The van der Waals surface area contributed by atoms with Crippen LogP contribution in [0.5, 0.6) is 0 Å². The Labute approximate surface area is 95.9 Å². The normalized spacial score (nSPS) is 10.7. The molecule has 17 heavy (non-hydrogen) atoms. The van der Waals surface area contributed by atoms with Crippen molar-refractivity contribution in [3.63, 3.8) is 0 Å². The Kier molecular flexibility index (Phi) is 2.54. The van der Waals surface area contributed by atoms with E-state index in [0.29, 0.717) is 5.82 Å². The Balaban J connectivity index is 2.57. The molecule has 0 aliphatic carbocycles. The lowest BCUT2D eigenvalue weighted by molar-refractivity contribution is 0.592. The van der Waals surface area contributed by atoms with Crippen molar-refractivity contribution in [1.82, 2.24) is 23.9 Å². The van der Waals surface area contributed by atoms with E-state index in [1.54, 1.807) is 7.05 Å². The zero-order valence-electron chi connectivity index (χ0n) is 9.49. The number of nitrogens with two attached hydrogens (primary N) is 1. The molecule has 0 saturated carbocycles. The second-order valence-electron chi connectivity index (χ2n) is 3.67. The van der Waals surface area contributed by atoms with Gasteiger partial charge in [-0.2, -0.15) is 5.10 Å². The summed E-state index contributed by atoms with van der Waals surface area (Å²) in [6.45, 7) is 0.0487. The van der Waals surface area contributed by atoms with Crippen LogP contribution in [0, 0.1) is 0 Å². The summed E-state index contributed by atoms with van der Waals surface area (Å²) in [6, 6.07) is 0. The van der Waals surface area contributed by atoms with Crippen LogP contribution in [-0.4, -0.2) is 23.9 Å². The van der Waals surface area contributed by atoms with E-state index in [4.69, 9.17) is 5.73 Å². The second kappa shape index (κ2) is 3.89. The lowest BCUT2D eigenvalue weighted by atomic mass is 10.5. The van der Waals surface area contributed by atoms with Gasteiger partial charge >= 0.3 is 5.69 Å². The topological polar surface area (TPSA) is 101 Å². The quantitative estimate of drug-likeness (QED) is 0.670. The zero-order valence-corrected chi connectivity index (χ0v) is 9.49. The first-order chi connectivity index (χ1) is 8.00. The van der Waals surface area contributed by atoms with E-state index in [-0.39, 0.29) is 12.2 Å². The fourth-order valence-electron chi connectivity index (χ4n) is 1.50. The van der Waals surface area contributed by atoms with Crippen molar-refractivity contribution >= 4 is 5.69 Å². The molecule has 0 atom stereocenters. The van der Waals surface area contributed by atoms with Gasteiger partial charge in [-0.25, -0.2) is 9.78 Å². The molecule has 0 spiro atoms. The van der Waals surface area contributed by atoms with Gasteiger partial charge in [0.25, 0.3) is 5.56 Å². The Morgan fingerprint density at radius 2 is 2.06 bits per heavy atom. The van der Waals surface area contributed by atoms with Crippen molar-refractivity contribution in [2.45, 2.75) is 6.54 Å². The summed E-state index contributed by atoms with van der Waals surface area (Å²) in [4.78, 5) is 27.5. The first-order valence-corrected chi connectivity index (χ1v) is 4.89. The van der Waals surface area contributed by atoms with E-state index in [0.717, 1.165) is 4.57 Å². The van der Waals surface area contributed by atoms with Gasteiger partial charge in [-0.15, -0.1) is 0 Å². The lowest BCUT2D eigenvalue weighted by Gasteiger charge is -2.07. The Morgan fingerprint density at radius 1 is 1.35 bits per heavy atom. The third-order valence-corrected chi connectivity index (χ3v) is 2.46. The molecule has 0 bridgehead atoms. The predicted octanol–water partition coefficient (Wildman–Crippen LogP) is -1.69. The summed E-state index contributed by atoms with van der Waals surface area (Å²) in [5.74, 6) is 0.509. The van der Waals surface area contributed by atoms with Gasteiger partial charge in [-0.3, -0.25) is 14.0 Å². The van der Waals surface area contributed by atoms with E-state index >= 15 is 0 Å². The van der Waals surface area contributed by atoms with Crippen molar-refractivity contribution in [2.75, 3.05) is 5.73 Å². The standard InChI is InChI=1S/C9H12N6O2/c1-13-3-6(10)8(16)15(9(13)17)4-7-11-5-12-14(7)2/h3,5H,4,10H2,1-2H3. The summed E-state index contributed by atoms with van der Waals surface area (Å²) in [7, 11) is 3.22. The first kappa shape index (κ1) is 11.1. The molecule has 0 aromatic carbocycles. The minimum Gasteiger partial charge on any atom is -0.393 e. The summed E-state index contributed by atoms with van der Waals surface area (Å²) in [5, 5.41) is 3.87. The molecule has 2 aromatic heterocycles. The molecule has 0 aliphatic heterocycles. The number of rotatable bonds is 2. The van der Waals surface area contributed by atoms with Gasteiger partial charge < -0.3 is 10.3 Å². The van der Waals surface area contributed by atoms with Crippen LogP contribution in [0.25, 0.3) is 0 Å². The van der Waals surface area contributed by atoms with Crippen molar-refractivity contribution < 1.29 is 0 Å². The van der Waals surface area contributed by atoms with Crippen molar-refractivity contribution in [3.8, 4) is 0 Å². The number of anilines is 1. The molecule has 0 amide bonds. The van der Waals surface area contributed by atoms with E-state index in [2.05, 4.69) is 10.1 Å². The zero-order chi connectivity index (χ0) is 12.6. The van der Waals surface area contributed by atoms with Crippen molar-refractivity contribution in [1.29, 1.82) is 0 Å². The van der Waals surface area contributed by atoms with Gasteiger partial charge in [0.2, 0.25) is 0 Å². The third-order valence-electron chi connectivity index (χ3n) is 2.46. The number of aryl methyl sites for hydroxylation is 2. The second-order valence-corrected chi connectivity index (χ2v) is 3.67. The Hall–Kier alpha value is -2.38. The highest BCUT2D eigenvalue weighted by Gasteiger charge is 2.10. The maximum atomic E-state index is 11.8. The van der Waals surface area contributed by atoms with Crippen LogP contribution >= 0.6 is 0 Å². The predicted molar refractivity (Wildman–Crippen MR) is 60.5 cm³/mol. The minimum absolute atomic E-state index is 0.0225. The lowest BCUT2D eigenvalue weighted by Crippen LogP contribution is -2.40. The van der Waals surface area contributed by atoms with Gasteiger partial charge in [0.1, 0.15) is 17.8 Å². The molecular weight excluding hydrogens is 224 g/mol. The molecule has 0 unspecified atom stereocenters. The van der Waals surface area contributed by atoms with Crippen LogP contribution in [0.2, 0.25) is 0 Å². The molecule has 0 saturated heterocycles. The third kappa shape index (κ3) is 1.84. The van der Waals surface area contributed by atoms with E-state index in [1.807, 2.05) is 0 Å². The van der Waals surface area contributed by atoms with Crippen LogP contribution in [0.4, 0.5) is 5.69 Å². The number of nitrogen functional groups attached to an aromatic ring is 1. The van der Waals surface area contributed by atoms with Crippen molar-refractivity contribution in [3.05, 3.63) is 39.2 Å². The van der Waals surface area contributed by atoms with Crippen molar-refractivity contribution in [2.24, 2.45) is 14.1 Å². The van der Waals surface area contributed by atoms with E-state index in [9.17, 15) is 9.59 Å². The summed E-state index contributed by atoms with van der Waals surface area (Å²) < 4.78 is 3.78. The largest absolute Gasteiger partial charge is 0.393 e. The van der Waals surface area contributed by atoms with Crippen LogP contribution in [0.3, 0.4) is 0 Å². The maximum absolute atomic E-state index is 11.8. The SMILES string of the molecule is Cn1ncnc1Cn1c(=O)c(N)cn(C)c1=O. The van der Waals surface area contributed by atoms with Gasteiger partial charge in [-0.1, -0.05) is 0 Å². The molecule has 2 N–H and O–H groups in total. The molecule has 2 aromatic rings. The number of nitrogens with zero attached hydrogens (tertiary/aromatic N) is 5. The molecular formula is C9H12N6O2. The minimum atomic E-state index is -0.517. The number of hydrogen-bond acceptors (Lipinski definition) is 5. The highest BCUT2D eigenvalue weighted by molar-refractivity contribution is 5.30. The van der Waals surface area contributed by atoms with Crippen LogP contribution in [-0.2, 0) is 20.6 Å². The fourth-order valence-corrected chi connectivity index (χ4v) is 1.50. The highest BCUT2D eigenvalue weighted by atomic mass is 16.2. The fraction of sp³-hybridized carbons (Fsp3) is 0.333. The first-order valence-electron chi connectivity index (χ1n) is 4.89. The molecule has 8 heteroatoms. The number of aromatic nitrogens is 5.